The van der Waals surface area contributed by atoms with Crippen LogP contribution in [-0.2, 0) is 4.74 Å². The number of nitrogens with one attached hydrogen (secondary N) is 2. The van der Waals surface area contributed by atoms with E-state index in [9.17, 15) is 14.3 Å². The van der Waals surface area contributed by atoms with E-state index in [2.05, 4.69) is 10.6 Å². The number of urea groups is 1. The van der Waals surface area contributed by atoms with Crippen molar-refractivity contribution in [2.75, 3.05) is 25.6 Å². The van der Waals surface area contributed by atoms with Crippen LogP contribution in [-0.4, -0.2) is 37.5 Å². The lowest BCUT2D eigenvalue weighted by Crippen LogP contribution is -2.37. The van der Waals surface area contributed by atoms with Gasteiger partial charge in [0.1, 0.15) is 5.82 Å². The van der Waals surface area contributed by atoms with Gasteiger partial charge in [-0.2, -0.15) is 0 Å². The Bertz CT molecular complexity index is 417. The third-order valence-corrected chi connectivity index (χ3v) is 2.35. The highest BCUT2D eigenvalue weighted by atomic mass is 35.5. The number of methoxy groups -OCH3 is 1. The van der Waals surface area contributed by atoms with Crippen molar-refractivity contribution in [2.45, 2.75) is 6.10 Å². The van der Waals surface area contributed by atoms with Crippen molar-refractivity contribution in [3.8, 4) is 0 Å². The number of ether oxygens (including phenoxy) is 1. The van der Waals surface area contributed by atoms with Gasteiger partial charge in [0.2, 0.25) is 0 Å². The van der Waals surface area contributed by atoms with E-state index in [0.717, 1.165) is 6.07 Å². The second kappa shape index (κ2) is 7.15. The van der Waals surface area contributed by atoms with Crippen LogP contribution in [0, 0.1) is 5.82 Å². The maximum absolute atomic E-state index is 12.8. The molecule has 1 unspecified atom stereocenters. The maximum atomic E-state index is 12.8. The van der Waals surface area contributed by atoms with Crippen LogP contribution in [0.15, 0.2) is 18.2 Å². The number of anilines is 1. The summed E-state index contributed by atoms with van der Waals surface area (Å²) in [4.78, 5) is 11.4. The Hall–Kier alpha value is -1.37. The fraction of sp³-hybridized carbons (Fsp3) is 0.364. The molecule has 0 heterocycles. The Morgan fingerprint density at radius 2 is 2.33 bits per heavy atom. The zero-order valence-corrected chi connectivity index (χ0v) is 10.5. The van der Waals surface area contributed by atoms with Crippen LogP contribution < -0.4 is 10.6 Å². The molecule has 3 N–H and O–H groups in total. The van der Waals surface area contributed by atoms with Gasteiger partial charge in [-0.25, -0.2) is 9.18 Å². The standard InChI is InChI=1S/C11H14ClFN2O3/c1-18-6-8(16)5-14-11(17)15-10-3-2-7(13)4-9(10)12/h2-4,8,16H,5-6H2,1H3,(H2,14,15,17). The number of benzene rings is 1. The summed E-state index contributed by atoms with van der Waals surface area (Å²) in [5.74, 6) is -0.485. The van der Waals surface area contributed by atoms with Crippen LogP contribution in [0.1, 0.15) is 0 Å². The van der Waals surface area contributed by atoms with E-state index in [1.165, 1.54) is 19.2 Å². The van der Waals surface area contributed by atoms with E-state index in [0.29, 0.717) is 0 Å². The van der Waals surface area contributed by atoms with Crippen LogP contribution in [0.4, 0.5) is 14.9 Å². The largest absolute Gasteiger partial charge is 0.389 e. The lowest BCUT2D eigenvalue weighted by atomic mass is 10.3. The molecule has 1 aromatic carbocycles. The highest BCUT2D eigenvalue weighted by Gasteiger charge is 2.08. The Kier molecular flexibility index (Phi) is 5.84. The van der Waals surface area contributed by atoms with E-state index in [1.807, 2.05) is 0 Å². The average molecular weight is 277 g/mol. The molecule has 0 aliphatic heterocycles. The van der Waals surface area contributed by atoms with Crippen molar-refractivity contribution >= 4 is 23.3 Å². The normalized spacial score (nSPS) is 12.0. The number of hydrogen-bond donors (Lipinski definition) is 3. The first kappa shape index (κ1) is 14.7. The summed E-state index contributed by atoms with van der Waals surface area (Å²) < 4.78 is 17.5. The predicted octanol–water partition coefficient (Wildman–Crippen LogP) is 1.61. The van der Waals surface area contributed by atoms with Gasteiger partial charge in [0.05, 0.1) is 23.4 Å². The average Bonchev–Trinajstić information content (AvgIpc) is 2.31. The molecule has 1 atom stereocenters. The molecule has 100 valence electrons. The summed E-state index contributed by atoms with van der Waals surface area (Å²) in [6.07, 6.45) is -0.788. The molecule has 0 spiro atoms. The fourth-order valence-corrected chi connectivity index (χ4v) is 1.43. The molecule has 1 rings (SSSR count). The first-order valence-electron chi connectivity index (χ1n) is 5.20. The van der Waals surface area contributed by atoms with Crippen LogP contribution in [0.3, 0.4) is 0 Å². The molecule has 7 heteroatoms. The monoisotopic (exact) mass is 276 g/mol. The van der Waals surface area contributed by atoms with Crippen LogP contribution in [0.25, 0.3) is 0 Å². The molecule has 0 bridgehead atoms. The third kappa shape index (κ3) is 4.87. The number of amides is 2. The van der Waals surface area contributed by atoms with Gasteiger partial charge in [0.15, 0.2) is 0 Å². The van der Waals surface area contributed by atoms with Crippen molar-refractivity contribution in [3.05, 3.63) is 29.0 Å². The lowest BCUT2D eigenvalue weighted by molar-refractivity contribution is 0.0663. The van der Waals surface area contributed by atoms with Crippen molar-refractivity contribution in [1.82, 2.24) is 5.32 Å². The summed E-state index contributed by atoms with van der Waals surface area (Å²) in [7, 11) is 1.45. The number of aliphatic hydroxyl groups excluding tert-OH is 1. The second-order valence-electron chi connectivity index (χ2n) is 3.57. The van der Waals surface area contributed by atoms with Gasteiger partial charge in [-0.05, 0) is 18.2 Å². The fourth-order valence-electron chi connectivity index (χ4n) is 1.22. The SMILES string of the molecule is COCC(O)CNC(=O)Nc1ccc(F)cc1Cl. The van der Waals surface area contributed by atoms with Gasteiger partial charge >= 0.3 is 6.03 Å². The van der Waals surface area contributed by atoms with Gasteiger partial charge in [-0.1, -0.05) is 11.6 Å². The molecule has 0 saturated carbocycles. The van der Waals surface area contributed by atoms with Gasteiger partial charge in [0, 0.05) is 13.7 Å². The molecule has 0 aromatic heterocycles. The number of hydrogen-bond acceptors (Lipinski definition) is 3. The van der Waals surface area contributed by atoms with Crippen LogP contribution in [0.2, 0.25) is 5.02 Å². The molecular formula is C11H14ClFN2O3. The Morgan fingerprint density at radius 3 is 2.94 bits per heavy atom. The van der Waals surface area contributed by atoms with Gasteiger partial charge in [-0.15, -0.1) is 0 Å². The molecular weight excluding hydrogens is 263 g/mol. The molecule has 0 fully saturated rings. The summed E-state index contributed by atoms with van der Waals surface area (Å²) in [6, 6.07) is 3.08. The molecule has 0 aliphatic rings. The van der Waals surface area contributed by atoms with E-state index < -0.39 is 18.0 Å². The topological polar surface area (TPSA) is 70.6 Å². The van der Waals surface area contributed by atoms with Crippen molar-refractivity contribution in [2.24, 2.45) is 0 Å². The van der Waals surface area contributed by atoms with E-state index >= 15 is 0 Å². The number of carbonyl (C=O) groups is 1. The highest BCUT2D eigenvalue weighted by molar-refractivity contribution is 6.33. The molecule has 18 heavy (non-hydrogen) atoms. The first-order chi connectivity index (χ1) is 8.52. The molecule has 0 aliphatic carbocycles. The van der Waals surface area contributed by atoms with Crippen LogP contribution >= 0.6 is 11.6 Å². The van der Waals surface area contributed by atoms with Crippen molar-refractivity contribution in [3.63, 3.8) is 0 Å². The maximum Gasteiger partial charge on any atom is 0.319 e. The zero-order valence-electron chi connectivity index (χ0n) is 9.74. The quantitative estimate of drug-likeness (QED) is 0.765. The smallest absolute Gasteiger partial charge is 0.319 e. The minimum atomic E-state index is -0.788. The molecule has 2 amide bonds. The zero-order chi connectivity index (χ0) is 13.5. The number of halogens is 2. The molecule has 1 aromatic rings. The Balaban J connectivity index is 2.44. The van der Waals surface area contributed by atoms with E-state index in [4.69, 9.17) is 16.3 Å². The second-order valence-corrected chi connectivity index (χ2v) is 3.98. The van der Waals surface area contributed by atoms with E-state index in [-0.39, 0.29) is 23.9 Å². The van der Waals surface area contributed by atoms with E-state index in [1.54, 1.807) is 0 Å². The molecule has 0 radical (unpaired) electrons. The summed E-state index contributed by atoms with van der Waals surface area (Å²) >= 11 is 5.73. The van der Waals surface area contributed by atoms with Gasteiger partial charge in [0.25, 0.3) is 0 Å². The highest BCUT2D eigenvalue weighted by Crippen LogP contribution is 2.22. The number of carbonyl (C=O) groups excluding carboxylic acids is 1. The van der Waals surface area contributed by atoms with Gasteiger partial charge < -0.3 is 20.5 Å². The summed E-state index contributed by atoms with van der Waals surface area (Å²) in [6.45, 7) is 0.163. The molecule has 0 saturated heterocycles. The number of rotatable bonds is 5. The Labute approximate surface area is 109 Å². The minimum absolute atomic E-state index is 0.0402. The first-order valence-corrected chi connectivity index (χ1v) is 5.57. The van der Waals surface area contributed by atoms with Crippen molar-refractivity contribution in [1.29, 1.82) is 0 Å². The summed E-state index contributed by atoms with van der Waals surface area (Å²) in [5, 5.41) is 14.3. The van der Waals surface area contributed by atoms with Crippen LogP contribution in [0.5, 0.6) is 0 Å². The summed E-state index contributed by atoms with van der Waals surface area (Å²) in [5.41, 5.74) is 0.289. The number of aliphatic hydroxyl groups is 1. The Morgan fingerprint density at radius 1 is 1.61 bits per heavy atom. The van der Waals surface area contributed by atoms with Gasteiger partial charge in [-0.3, -0.25) is 0 Å². The predicted molar refractivity (Wildman–Crippen MR) is 66.3 cm³/mol. The minimum Gasteiger partial charge on any atom is -0.389 e. The molecule has 5 nitrogen and oxygen atoms in total. The third-order valence-electron chi connectivity index (χ3n) is 2.04. The lowest BCUT2D eigenvalue weighted by Gasteiger charge is -2.12. The van der Waals surface area contributed by atoms with Crippen molar-refractivity contribution < 1.29 is 19.0 Å².